The largest absolute Gasteiger partial charge is 0.496 e. The van der Waals surface area contributed by atoms with Crippen LogP contribution in [0.1, 0.15) is 56.2 Å². The Morgan fingerprint density at radius 3 is 2.47 bits per heavy atom. The van der Waals surface area contributed by atoms with Crippen molar-refractivity contribution in [3.8, 4) is 11.8 Å². The van der Waals surface area contributed by atoms with Crippen LogP contribution in [-0.2, 0) is 0 Å². The number of nitrogens with two attached hydrogens (primary N) is 1. The van der Waals surface area contributed by atoms with Crippen molar-refractivity contribution < 1.29 is 4.74 Å². The third kappa shape index (κ3) is 2.33. The van der Waals surface area contributed by atoms with Gasteiger partial charge in [-0.3, -0.25) is 0 Å². The standard InChI is InChI=1S/C16H22N2O/c1-11(2)12-5-6-14(19-3)13(9-12)15(18)16(10-17)7-4-8-16/h5-6,9,11,15H,4,7-8,18H2,1-3H3. The van der Waals surface area contributed by atoms with Crippen LogP contribution in [0.2, 0.25) is 0 Å². The molecule has 1 aliphatic carbocycles. The van der Waals surface area contributed by atoms with E-state index in [1.165, 1.54) is 5.56 Å². The zero-order chi connectivity index (χ0) is 14.0. The fourth-order valence-electron chi connectivity index (χ4n) is 2.70. The van der Waals surface area contributed by atoms with Gasteiger partial charge in [0.25, 0.3) is 0 Å². The van der Waals surface area contributed by atoms with Crippen molar-refractivity contribution in [2.75, 3.05) is 7.11 Å². The Labute approximate surface area is 115 Å². The highest BCUT2D eigenvalue weighted by atomic mass is 16.5. The van der Waals surface area contributed by atoms with Crippen molar-refractivity contribution >= 4 is 0 Å². The monoisotopic (exact) mass is 258 g/mol. The van der Waals surface area contributed by atoms with Crippen LogP contribution < -0.4 is 10.5 Å². The van der Waals surface area contributed by atoms with Crippen molar-refractivity contribution in [3.05, 3.63) is 29.3 Å². The van der Waals surface area contributed by atoms with Crippen molar-refractivity contribution in [3.63, 3.8) is 0 Å². The van der Waals surface area contributed by atoms with Gasteiger partial charge in [0.2, 0.25) is 0 Å². The highest BCUT2D eigenvalue weighted by Gasteiger charge is 2.44. The molecule has 1 aromatic carbocycles. The van der Waals surface area contributed by atoms with E-state index in [9.17, 15) is 5.26 Å². The first-order valence-electron chi connectivity index (χ1n) is 6.89. The normalized spacial score (nSPS) is 18.5. The summed E-state index contributed by atoms with van der Waals surface area (Å²) in [7, 11) is 1.65. The zero-order valence-corrected chi connectivity index (χ0v) is 11.9. The molecule has 1 fully saturated rings. The number of nitriles is 1. The lowest BCUT2D eigenvalue weighted by Crippen LogP contribution is -2.39. The van der Waals surface area contributed by atoms with Crippen molar-refractivity contribution in [1.29, 1.82) is 5.26 Å². The molecule has 0 aromatic heterocycles. The van der Waals surface area contributed by atoms with E-state index in [1.807, 2.05) is 6.07 Å². The molecular formula is C16H22N2O. The molecule has 3 nitrogen and oxygen atoms in total. The molecule has 0 bridgehead atoms. The second-order valence-corrected chi connectivity index (χ2v) is 5.76. The van der Waals surface area contributed by atoms with Gasteiger partial charge in [-0.25, -0.2) is 0 Å². The van der Waals surface area contributed by atoms with Crippen molar-refractivity contribution in [1.82, 2.24) is 0 Å². The highest BCUT2D eigenvalue weighted by Crippen LogP contribution is 2.50. The highest BCUT2D eigenvalue weighted by molar-refractivity contribution is 5.42. The molecule has 0 amide bonds. The van der Waals surface area contributed by atoms with Gasteiger partial charge in [-0.1, -0.05) is 32.4 Å². The van der Waals surface area contributed by atoms with E-state index in [0.29, 0.717) is 5.92 Å². The summed E-state index contributed by atoms with van der Waals surface area (Å²) in [6.07, 6.45) is 2.87. The maximum atomic E-state index is 9.44. The van der Waals surface area contributed by atoms with E-state index in [0.717, 1.165) is 30.6 Å². The van der Waals surface area contributed by atoms with E-state index >= 15 is 0 Å². The Hall–Kier alpha value is -1.53. The fourth-order valence-corrected chi connectivity index (χ4v) is 2.70. The van der Waals surface area contributed by atoms with E-state index < -0.39 is 5.41 Å². The molecule has 0 radical (unpaired) electrons. The fraction of sp³-hybridized carbons (Fsp3) is 0.562. The number of methoxy groups -OCH3 is 1. The van der Waals surface area contributed by atoms with Crippen molar-refractivity contribution in [2.45, 2.75) is 45.1 Å². The Morgan fingerprint density at radius 2 is 2.05 bits per heavy atom. The second-order valence-electron chi connectivity index (χ2n) is 5.76. The van der Waals surface area contributed by atoms with E-state index in [4.69, 9.17) is 10.5 Å². The molecule has 1 aliphatic rings. The van der Waals surface area contributed by atoms with Gasteiger partial charge in [0.1, 0.15) is 5.75 Å². The Balaban J connectivity index is 2.42. The molecule has 0 saturated heterocycles. The zero-order valence-electron chi connectivity index (χ0n) is 11.9. The number of hydrogen-bond acceptors (Lipinski definition) is 3. The van der Waals surface area contributed by atoms with Gasteiger partial charge < -0.3 is 10.5 Å². The molecule has 102 valence electrons. The molecule has 1 atom stereocenters. The quantitative estimate of drug-likeness (QED) is 0.899. The first-order chi connectivity index (χ1) is 9.04. The lowest BCUT2D eigenvalue weighted by molar-refractivity contribution is 0.166. The molecular weight excluding hydrogens is 236 g/mol. The number of nitrogens with zero attached hydrogens (tertiary/aromatic N) is 1. The predicted molar refractivity (Wildman–Crippen MR) is 75.9 cm³/mol. The molecule has 0 heterocycles. The topological polar surface area (TPSA) is 59.0 Å². The lowest BCUT2D eigenvalue weighted by atomic mass is 9.63. The van der Waals surface area contributed by atoms with Crippen molar-refractivity contribution in [2.24, 2.45) is 11.1 Å². The minimum Gasteiger partial charge on any atom is -0.496 e. The molecule has 0 spiro atoms. The van der Waals surface area contributed by atoms with Crippen LogP contribution in [-0.4, -0.2) is 7.11 Å². The molecule has 1 unspecified atom stereocenters. The van der Waals surface area contributed by atoms with Crippen LogP contribution in [0.5, 0.6) is 5.75 Å². The minimum absolute atomic E-state index is 0.264. The minimum atomic E-state index is -0.400. The number of rotatable bonds is 4. The summed E-state index contributed by atoms with van der Waals surface area (Å²) < 4.78 is 5.42. The number of benzene rings is 1. The van der Waals surface area contributed by atoms with Gasteiger partial charge in [0.05, 0.1) is 24.6 Å². The maximum Gasteiger partial charge on any atom is 0.123 e. The van der Waals surface area contributed by atoms with Crippen LogP contribution >= 0.6 is 0 Å². The molecule has 1 saturated carbocycles. The summed E-state index contributed by atoms with van der Waals surface area (Å²) in [6, 6.07) is 8.31. The average Bonchev–Trinajstić information content (AvgIpc) is 2.37. The van der Waals surface area contributed by atoms with Crippen LogP contribution in [0.15, 0.2) is 18.2 Å². The second kappa shape index (κ2) is 5.22. The average molecular weight is 258 g/mol. The summed E-state index contributed by atoms with van der Waals surface area (Å²) in [4.78, 5) is 0. The summed E-state index contributed by atoms with van der Waals surface area (Å²) in [5.74, 6) is 1.23. The van der Waals surface area contributed by atoms with E-state index in [2.05, 4.69) is 32.0 Å². The summed E-state index contributed by atoms with van der Waals surface area (Å²) in [5, 5.41) is 9.44. The predicted octanol–water partition coefficient (Wildman–Crippen LogP) is 3.51. The first kappa shape index (κ1) is 13.9. The van der Waals surface area contributed by atoms with Gasteiger partial charge in [-0.05, 0) is 30.4 Å². The van der Waals surface area contributed by atoms with Gasteiger partial charge in [0, 0.05) is 5.56 Å². The molecule has 2 rings (SSSR count). The maximum absolute atomic E-state index is 9.44. The Kier molecular flexibility index (Phi) is 3.82. The third-order valence-corrected chi connectivity index (χ3v) is 4.32. The SMILES string of the molecule is COc1ccc(C(C)C)cc1C(N)C1(C#N)CCC1. The van der Waals surface area contributed by atoms with Crippen LogP contribution in [0, 0.1) is 16.7 Å². The molecule has 3 heteroatoms. The smallest absolute Gasteiger partial charge is 0.123 e. The van der Waals surface area contributed by atoms with Crippen LogP contribution in [0.4, 0.5) is 0 Å². The van der Waals surface area contributed by atoms with Gasteiger partial charge >= 0.3 is 0 Å². The van der Waals surface area contributed by atoms with Crippen LogP contribution in [0.3, 0.4) is 0 Å². The van der Waals surface area contributed by atoms with E-state index in [-0.39, 0.29) is 6.04 Å². The molecule has 1 aromatic rings. The van der Waals surface area contributed by atoms with E-state index in [1.54, 1.807) is 7.11 Å². The Bertz CT molecular complexity index is 498. The summed E-state index contributed by atoms with van der Waals surface area (Å²) >= 11 is 0. The molecule has 0 aliphatic heterocycles. The molecule has 2 N–H and O–H groups in total. The Morgan fingerprint density at radius 1 is 1.37 bits per heavy atom. The van der Waals surface area contributed by atoms with Gasteiger partial charge in [-0.15, -0.1) is 0 Å². The van der Waals surface area contributed by atoms with Crippen LogP contribution in [0.25, 0.3) is 0 Å². The first-order valence-corrected chi connectivity index (χ1v) is 6.89. The third-order valence-electron chi connectivity index (χ3n) is 4.32. The summed E-state index contributed by atoms with van der Waals surface area (Å²) in [5.41, 5.74) is 8.19. The van der Waals surface area contributed by atoms with Gasteiger partial charge in [-0.2, -0.15) is 5.26 Å². The lowest BCUT2D eigenvalue weighted by Gasteiger charge is -2.40. The molecule has 19 heavy (non-hydrogen) atoms. The number of hydrogen-bond donors (Lipinski definition) is 1. The summed E-state index contributed by atoms with van der Waals surface area (Å²) in [6.45, 7) is 4.31. The number of ether oxygens (including phenoxy) is 1. The van der Waals surface area contributed by atoms with Gasteiger partial charge in [0.15, 0.2) is 0 Å².